The first-order valence-electron chi connectivity index (χ1n) is 9.66. The second-order valence-corrected chi connectivity index (χ2v) is 8.09. The summed E-state index contributed by atoms with van der Waals surface area (Å²) in [6.45, 7) is -2.92. The van der Waals surface area contributed by atoms with E-state index < -0.39 is 6.61 Å². The molecule has 1 amide bonds. The molecule has 33 heavy (non-hydrogen) atoms. The van der Waals surface area contributed by atoms with Crippen LogP contribution in [0.2, 0.25) is 5.02 Å². The van der Waals surface area contributed by atoms with Gasteiger partial charge in [-0.3, -0.25) is 14.2 Å². The molecule has 0 aliphatic carbocycles. The van der Waals surface area contributed by atoms with Crippen molar-refractivity contribution in [3.8, 4) is 11.4 Å². The van der Waals surface area contributed by atoms with Gasteiger partial charge in [0, 0.05) is 5.69 Å². The van der Waals surface area contributed by atoms with Crippen LogP contribution in [-0.2, 0) is 4.79 Å². The van der Waals surface area contributed by atoms with Crippen LogP contribution < -0.4 is 15.6 Å². The molecule has 0 saturated carbocycles. The molecule has 1 aromatic heterocycles. The lowest BCUT2D eigenvalue weighted by Crippen LogP contribution is -2.23. The number of rotatable bonds is 7. The molecule has 3 aromatic carbocycles. The summed E-state index contributed by atoms with van der Waals surface area (Å²) in [6.07, 6.45) is 0. The number of hydrogen-bond donors (Lipinski definition) is 1. The Balaban J connectivity index is 1.58. The zero-order chi connectivity index (χ0) is 23.4. The van der Waals surface area contributed by atoms with E-state index in [9.17, 15) is 18.4 Å². The number of fused-ring (bicyclic) bond motifs is 1. The van der Waals surface area contributed by atoms with Crippen molar-refractivity contribution < 1.29 is 18.3 Å². The summed E-state index contributed by atoms with van der Waals surface area (Å²) < 4.78 is 30.2. The predicted molar refractivity (Wildman–Crippen MR) is 125 cm³/mol. The van der Waals surface area contributed by atoms with Crippen LogP contribution in [0.1, 0.15) is 0 Å². The SMILES string of the molecule is O=C(CSc1nc2ccccc2c(=O)n1-c1ccccc1Cl)Nc1ccc(OC(F)F)cc1. The summed E-state index contributed by atoms with van der Waals surface area (Å²) in [5.41, 5.74) is 1.08. The van der Waals surface area contributed by atoms with Crippen LogP contribution in [-0.4, -0.2) is 27.8 Å². The van der Waals surface area contributed by atoms with Crippen molar-refractivity contribution in [3.05, 3.63) is 88.2 Å². The average Bonchev–Trinajstić information content (AvgIpc) is 2.80. The van der Waals surface area contributed by atoms with Crippen molar-refractivity contribution in [3.63, 3.8) is 0 Å². The molecule has 0 unspecified atom stereocenters. The molecular weight excluding hydrogens is 472 g/mol. The number of thioether (sulfide) groups is 1. The van der Waals surface area contributed by atoms with E-state index >= 15 is 0 Å². The van der Waals surface area contributed by atoms with Gasteiger partial charge >= 0.3 is 6.61 Å². The monoisotopic (exact) mass is 487 g/mol. The van der Waals surface area contributed by atoms with Crippen molar-refractivity contribution in [2.24, 2.45) is 0 Å². The van der Waals surface area contributed by atoms with Crippen LogP contribution in [0.3, 0.4) is 0 Å². The van der Waals surface area contributed by atoms with Gasteiger partial charge in [-0.2, -0.15) is 8.78 Å². The number of nitrogens with zero attached hydrogens (tertiary/aromatic N) is 2. The zero-order valence-corrected chi connectivity index (χ0v) is 18.4. The van der Waals surface area contributed by atoms with E-state index in [4.69, 9.17) is 11.6 Å². The second-order valence-electron chi connectivity index (χ2n) is 6.74. The first kappa shape index (κ1) is 22.8. The number of amides is 1. The maximum absolute atomic E-state index is 13.2. The van der Waals surface area contributed by atoms with Crippen LogP contribution in [0, 0.1) is 0 Å². The van der Waals surface area contributed by atoms with Crippen molar-refractivity contribution >= 4 is 45.9 Å². The second kappa shape index (κ2) is 10.0. The number of benzene rings is 3. The van der Waals surface area contributed by atoms with E-state index in [0.717, 1.165) is 11.8 Å². The number of carbonyl (C=O) groups is 1. The fraction of sp³-hybridized carbons (Fsp3) is 0.0870. The van der Waals surface area contributed by atoms with Crippen LogP contribution in [0.4, 0.5) is 14.5 Å². The van der Waals surface area contributed by atoms with Gasteiger partial charge in [0.2, 0.25) is 5.91 Å². The Morgan fingerprint density at radius 1 is 1.06 bits per heavy atom. The van der Waals surface area contributed by atoms with Gasteiger partial charge in [-0.15, -0.1) is 0 Å². The molecule has 4 rings (SSSR count). The van der Waals surface area contributed by atoms with Crippen LogP contribution in [0.15, 0.2) is 82.7 Å². The average molecular weight is 488 g/mol. The van der Waals surface area contributed by atoms with Gasteiger partial charge in [-0.05, 0) is 48.5 Å². The van der Waals surface area contributed by atoms with E-state index in [-0.39, 0.29) is 23.0 Å². The third-order valence-electron chi connectivity index (χ3n) is 4.53. The molecule has 168 valence electrons. The van der Waals surface area contributed by atoms with Gasteiger partial charge in [0.25, 0.3) is 5.56 Å². The van der Waals surface area contributed by atoms with Gasteiger partial charge < -0.3 is 10.1 Å². The maximum atomic E-state index is 13.2. The molecule has 1 heterocycles. The lowest BCUT2D eigenvalue weighted by Gasteiger charge is -2.14. The first-order chi connectivity index (χ1) is 15.9. The van der Waals surface area contributed by atoms with Crippen molar-refractivity contribution in [1.29, 1.82) is 0 Å². The Hall–Kier alpha value is -3.43. The Morgan fingerprint density at radius 2 is 1.76 bits per heavy atom. The highest BCUT2D eigenvalue weighted by molar-refractivity contribution is 7.99. The quantitative estimate of drug-likeness (QED) is 0.280. The number of para-hydroxylation sites is 2. The van der Waals surface area contributed by atoms with Crippen LogP contribution >= 0.6 is 23.4 Å². The van der Waals surface area contributed by atoms with E-state index in [1.807, 2.05) is 0 Å². The highest BCUT2D eigenvalue weighted by Gasteiger charge is 2.16. The molecule has 0 radical (unpaired) electrons. The lowest BCUT2D eigenvalue weighted by molar-refractivity contribution is -0.113. The molecule has 6 nitrogen and oxygen atoms in total. The Bertz CT molecular complexity index is 1360. The summed E-state index contributed by atoms with van der Waals surface area (Å²) in [6, 6.07) is 19.4. The van der Waals surface area contributed by atoms with Gasteiger partial charge in [-0.1, -0.05) is 47.6 Å². The van der Waals surface area contributed by atoms with Crippen molar-refractivity contribution in [1.82, 2.24) is 9.55 Å². The number of hydrogen-bond acceptors (Lipinski definition) is 5. The minimum Gasteiger partial charge on any atom is -0.435 e. The smallest absolute Gasteiger partial charge is 0.387 e. The molecule has 0 saturated heterocycles. The van der Waals surface area contributed by atoms with Gasteiger partial charge in [0.05, 0.1) is 27.4 Å². The van der Waals surface area contributed by atoms with Gasteiger partial charge in [0.15, 0.2) is 5.16 Å². The lowest BCUT2D eigenvalue weighted by atomic mass is 10.2. The number of halogens is 3. The van der Waals surface area contributed by atoms with Gasteiger partial charge in [-0.25, -0.2) is 4.98 Å². The molecule has 0 aliphatic rings. The maximum Gasteiger partial charge on any atom is 0.387 e. The van der Waals surface area contributed by atoms with Crippen LogP contribution in [0.25, 0.3) is 16.6 Å². The Kier molecular flexibility index (Phi) is 6.90. The molecular formula is C23H16ClF2N3O3S. The topological polar surface area (TPSA) is 73.2 Å². The first-order valence-corrected chi connectivity index (χ1v) is 11.0. The summed E-state index contributed by atoms with van der Waals surface area (Å²) in [5.74, 6) is -0.429. The third kappa shape index (κ3) is 5.32. The van der Waals surface area contributed by atoms with Crippen molar-refractivity contribution in [2.75, 3.05) is 11.1 Å². The Labute approximate surface area is 196 Å². The highest BCUT2D eigenvalue weighted by atomic mass is 35.5. The van der Waals surface area contributed by atoms with E-state index in [2.05, 4.69) is 15.0 Å². The van der Waals surface area contributed by atoms with E-state index in [1.165, 1.54) is 28.8 Å². The molecule has 0 atom stereocenters. The summed E-state index contributed by atoms with van der Waals surface area (Å²) in [4.78, 5) is 30.3. The largest absolute Gasteiger partial charge is 0.435 e. The molecule has 0 bridgehead atoms. The van der Waals surface area contributed by atoms with Gasteiger partial charge in [0.1, 0.15) is 5.75 Å². The molecule has 0 fully saturated rings. The molecule has 4 aromatic rings. The number of ether oxygens (including phenoxy) is 1. The number of anilines is 1. The minimum atomic E-state index is -2.92. The standard InChI is InChI=1S/C23H16ClF2N3O3S/c24-17-6-2-4-8-19(17)29-21(31)16-5-1-3-7-18(16)28-23(29)33-13-20(30)27-14-9-11-15(12-10-14)32-22(25)26/h1-12,22H,13H2,(H,27,30). The fourth-order valence-electron chi connectivity index (χ4n) is 3.10. The summed E-state index contributed by atoms with van der Waals surface area (Å²) in [5, 5.41) is 3.78. The van der Waals surface area contributed by atoms with Crippen molar-refractivity contribution in [2.45, 2.75) is 11.8 Å². The van der Waals surface area contributed by atoms with Crippen LogP contribution in [0.5, 0.6) is 5.75 Å². The minimum absolute atomic E-state index is 0.0125. The molecule has 1 N–H and O–H groups in total. The van der Waals surface area contributed by atoms with E-state index in [1.54, 1.807) is 48.5 Å². The van der Waals surface area contributed by atoms with E-state index in [0.29, 0.717) is 32.5 Å². The zero-order valence-electron chi connectivity index (χ0n) is 16.9. The highest BCUT2D eigenvalue weighted by Crippen LogP contribution is 2.26. The summed E-state index contributed by atoms with van der Waals surface area (Å²) in [7, 11) is 0. The number of alkyl halides is 2. The molecule has 0 aliphatic heterocycles. The fourth-order valence-corrected chi connectivity index (χ4v) is 4.13. The molecule has 0 spiro atoms. The number of aromatic nitrogens is 2. The number of carbonyl (C=O) groups excluding carboxylic acids is 1. The predicted octanol–water partition coefficient (Wildman–Crippen LogP) is 5.37. The summed E-state index contributed by atoms with van der Waals surface area (Å²) >= 11 is 7.41. The Morgan fingerprint density at radius 3 is 2.48 bits per heavy atom. The number of nitrogens with one attached hydrogen (secondary N) is 1. The molecule has 10 heteroatoms. The third-order valence-corrected chi connectivity index (χ3v) is 5.79. The normalized spacial score (nSPS) is 11.0.